The first-order valence-electron chi connectivity index (χ1n) is 9.53. The lowest BCUT2D eigenvalue weighted by atomic mass is 10.1. The van der Waals surface area contributed by atoms with Crippen LogP contribution in [0.5, 0.6) is 0 Å². The number of nitrogens with zero attached hydrogens (tertiary/aromatic N) is 1. The summed E-state index contributed by atoms with van der Waals surface area (Å²) in [5, 5.41) is 3.49. The van der Waals surface area contributed by atoms with Crippen molar-refractivity contribution in [2.75, 3.05) is 11.4 Å². The SMILES string of the molecule is O=C(c1ccccc1)c1ccc(CNC(=O)C2CC(=O)N(c3ccc(Cl)cc3)C2)s1. The summed E-state index contributed by atoms with van der Waals surface area (Å²) in [6.45, 7) is 0.672. The van der Waals surface area contributed by atoms with Crippen LogP contribution < -0.4 is 10.2 Å². The molecule has 0 bridgehead atoms. The average Bonchev–Trinajstić information content (AvgIpc) is 3.40. The van der Waals surface area contributed by atoms with Gasteiger partial charge in [0, 0.05) is 34.1 Å². The third-order valence-electron chi connectivity index (χ3n) is 4.99. The summed E-state index contributed by atoms with van der Waals surface area (Å²) in [6.07, 6.45) is 0.177. The Morgan fingerprint density at radius 3 is 2.50 bits per heavy atom. The second-order valence-corrected chi connectivity index (χ2v) is 8.67. The van der Waals surface area contributed by atoms with E-state index in [-0.39, 0.29) is 24.0 Å². The summed E-state index contributed by atoms with van der Waals surface area (Å²) < 4.78 is 0. The van der Waals surface area contributed by atoms with Gasteiger partial charge in [-0.1, -0.05) is 41.9 Å². The second-order valence-electron chi connectivity index (χ2n) is 7.06. The third-order valence-corrected chi connectivity index (χ3v) is 6.33. The van der Waals surface area contributed by atoms with E-state index in [0.717, 1.165) is 10.6 Å². The van der Waals surface area contributed by atoms with Gasteiger partial charge in [0.05, 0.1) is 17.3 Å². The first kappa shape index (κ1) is 20.3. The Kier molecular flexibility index (Phi) is 5.97. The molecular formula is C23H19ClN2O3S. The van der Waals surface area contributed by atoms with Crippen molar-refractivity contribution in [1.82, 2.24) is 5.32 Å². The summed E-state index contributed by atoms with van der Waals surface area (Å²) in [5.74, 6) is -0.676. The molecule has 5 nitrogen and oxygen atoms in total. The van der Waals surface area contributed by atoms with Gasteiger partial charge >= 0.3 is 0 Å². The molecule has 1 atom stereocenters. The van der Waals surface area contributed by atoms with Crippen LogP contribution in [-0.4, -0.2) is 24.1 Å². The number of carbonyl (C=O) groups is 3. The number of hydrogen-bond donors (Lipinski definition) is 1. The van der Waals surface area contributed by atoms with Crippen LogP contribution in [0.4, 0.5) is 5.69 Å². The molecule has 7 heteroatoms. The molecule has 1 unspecified atom stereocenters. The van der Waals surface area contributed by atoms with E-state index in [1.807, 2.05) is 24.3 Å². The normalized spacial score (nSPS) is 16.0. The zero-order valence-electron chi connectivity index (χ0n) is 16.0. The van der Waals surface area contributed by atoms with Crippen LogP contribution in [0.15, 0.2) is 66.7 Å². The predicted molar refractivity (Wildman–Crippen MR) is 118 cm³/mol. The average molecular weight is 439 g/mol. The topological polar surface area (TPSA) is 66.5 Å². The van der Waals surface area contributed by atoms with E-state index in [1.54, 1.807) is 47.4 Å². The number of nitrogens with one attached hydrogen (secondary N) is 1. The van der Waals surface area contributed by atoms with Gasteiger partial charge in [-0.05, 0) is 36.4 Å². The van der Waals surface area contributed by atoms with E-state index in [9.17, 15) is 14.4 Å². The van der Waals surface area contributed by atoms with E-state index in [4.69, 9.17) is 11.6 Å². The smallest absolute Gasteiger partial charge is 0.227 e. The number of halogens is 1. The minimum atomic E-state index is -0.404. The van der Waals surface area contributed by atoms with E-state index in [2.05, 4.69) is 5.32 Å². The molecule has 0 radical (unpaired) electrons. The third kappa shape index (κ3) is 4.45. The van der Waals surface area contributed by atoms with E-state index >= 15 is 0 Å². The molecule has 1 aromatic heterocycles. The Labute approximate surface area is 183 Å². The predicted octanol–water partition coefficient (Wildman–Crippen LogP) is 4.30. The van der Waals surface area contributed by atoms with Crippen molar-refractivity contribution < 1.29 is 14.4 Å². The van der Waals surface area contributed by atoms with Crippen LogP contribution in [0.2, 0.25) is 5.02 Å². The maximum atomic E-state index is 12.6. The molecule has 0 aliphatic carbocycles. The fourth-order valence-corrected chi connectivity index (χ4v) is 4.43. The first-order chi connectivity index (χ1) is 14.5. The maximum absolute atomic E-state index is 12.6. The van der Waals surface area contributed by atoms with Crippen molar-refractivity contribution in [3.63, 3.8) is 0 Å². The summed E-state index contributed by atoms with van der Waals surface area (Å²) in [6, 6.07) is 19.7. The van der Waals surface area contributed by atoms with Gasteiger partial charge in [0.2, 0.25) is 17.6 Å². The Hall–Kier alpha value is -2.96. The molecule has 3 aromatic rings. The lowest BCUT2D eigenvalue weighted by Gasteiger charge is -2.16. The summed E-state index contributed by atoms with van der Waals surface area (Å²) in [5.41, 5.74) is 1.38. The minimum Gasteiger partial charge on any atom is -0.351 e. The molecule has 0 spiro atoms. The number of rotatable bonds is 6. The fraction of sp³-hybridized carbons (Fsp3) is 0.174. The quantitative estimate of drug-likeness (QED) is 0.583. The highest BCUT2D eigenvalue weighted by Crippen LogP contribution is 2.27. The number of benzene rings is 2. The summed E-state index contributed by atoms with van der Waals surface area (Å²) in [7, 11) is 0. The second kappa shape index (κ2) is 8.81. The molecule has 1 N–H and O–H groups in total. The fourth-order valence-electron chi connectivity index (χ4n) is 3.40. The number of hydrogen-bond acceptors (Lipinski definition) is 4. The molecule has 2 heterocycles. The molecular weight excluding hydrogens is 420 g/mol. The molecule has 2 aromatic carbocycles. The highest BCUT2D eigenvalue weighted by molar-refractivity contribution is 7.14. The summed E-state index contributed by atoms with van der Waals surface area (Å²) >= 11 is 7.27. The van der Waals surface area contributed by atoms with Crippen molar-refractivity contribution in [2.45, 2.75) is 13.0 Å². The maximum Gasteiger partial charge on any atom is 0.227 e. The molecule has 0 saturated carbocycles. The standard InChI is InChI=1S/C23H19ClN2O3S/c24-17-6-8-18(9-7-17)26-14-16(12-21(26)27)23(29)25-13-19-10-11-20(30-19)22(28)15-4-2-1-3-5-15/h1-11,16H,12-14H2,(H,25,29). The first-order valence-corrected chi connectivity index (χ1v) is 10.7. The zero-order valence-corrected chi connectivity index (χ0v) is 17.6. The van der Waals surface area contributed by atoms with Gasteiger partial charge in [0.15, 0.2) is 0 Å². The van der Waals surface area contributed by atoms with Crippen LogP contribution in [0.25, 0.3) is 0 Å². The number of thiophene rings is 1. The van der Waals surface area contributed by atoms with E-state index < -0.39 is 5.92 Å². The molecule has 1 fully saturated rings. The highest BCUT2D eigenvalue weighted by atomic mass is 35.5. The monoisotopic (exact) mass is 438 g/mol. The highest BCUT2D eigenvalue weighted by Gasteiger charge is 2.35. The molecule has 152 valence electrons. The van der Waals surface area contributed by atoms with Crippen LogP contribution in [0.3, 0.4) is 0 Å². The number of carbonyl (C=O) groups excluding carboxylic acids is 3. The van der Waals surface area contributed by atoms with Gasteiger partial charge in [0.1, 0.15) is 0 Å². The molecule has 4 rings (SSSR count). The van der Waals surface area contributed by atoms with Crippen LogP contribution in [-0.2, 0) is 16.1 Å². The molecule has 1 aliphatic heterocycles. The van der Waals surface area contributed by atoms with Crippen molar-refractivity contribution in [3.8, 4) is 0 Å². The van der Waals surface area contributed by atoms with Gasteiger partial charge < -0.3 is 10.2 Å². The minimum absolute atomic E-state index is 0.0295. The van der Waals surface area contributed by atoms with E-state index in [1.165, 1.54) is 11.3 Å². The van der Waals surface area contributed by atoms with Crippen molar-refractivity contribution in [3.05, 3.63) is 87.1 Å². The lowest BCUT2D eigenvalue weighted by Crippen LogP contribution is -2.32. The molecule has 30 heavy (non-hydrogen) atoms. The van der Waals surface area contributed by atoms with Gasteiger partial charge in [-0.3, -0.25) is 14.4 Å². The number of anilines is 1. The van der Waals surface area contributed by atoms with Gasteiger partial charge in [0.25, 0.3) is 0 Å². The van der Waals surface area contributed by atoms with Crippen LogP contribution in [0, 0.1) is 5.92 Å². The Bertz CT molecular complexity index is 1080. The zero-order chi connectivity index (χ0) is 21.1. The number of amides is 2. The van der Waals surface area contributed by atoms with Crippen molar-refractivity contribution in [2.24, 2.45) is 5.92 Å². The van der Waals surface area contributed by atoms with Crippen LogP contribution >= 0.6 is 22.9 Å². The Balaban J connectivity index is 1.34. The summed E-state index contributed by atoms with van der Waals surface area (Å²) in [4.78, 5) is 40.6. The molecule has 2 amide bonds. The van der Waals surface area contributed by atoms with Gasteiger partial charge in [-0.25, -0.2) is 0 Å². The number of ketones is 1. The Morgan fingerprint density at radius 1 is 1.03 bits per heavy atom. The lowest BCUT2D eigenvalue weighted by molar-refractivity contribution is -0.126. The largest absolute Gasteiger partial charge is 0.351 e. The van der Waals surface area contributed by atoms with Crippen molar-refractivity contribution in [1.29, 1.82) is 0 Å². The Morgan fingerprint density at radius 2 is 1.77 bits per heavy atom. The molecule has 1 aliphatic rings. The van der Waals surface area contributed by atoms with E-state index in [0.29, 0.717) is 28.6 Å². The molecule has 1 saturated heterocycles. The van der Waals surface area contributed by atoms with Crippen molar-refractivity contribution >= 4 is 46.2 Å². The van der Waals surface area contributed by atoms with Crippen LogP contribution in [0.1, 0.15) is 26.5 Å². The van der Waals surface area contributed by atoms with Gasteiger partial charge in [-0.15, -0.1) is 11.3 Å². The van der Waals surface area contributed by atoms with Gasteiger partial charge in [-0.2, -0.15) is 0 Å².